The van der Waals surface area contributed by atoms with Gasteiger partial charge in [-0.15, -0.1) is 11.3 Å². The Kier molecular flexibility index (Phi) is 8.11. The predicted octanol–water partition coefficient (Wildman–Crippen LogP) is 5.00. The summed E-state index contributed by atoms with van der Waals surface area (Å²) >= 11 is 1.38. The Morgan fingerprint density at radius 1 is 1.10 bits per heavy atom. The molecular weight excluding hydrogens is 547 g/mol. The molecule has 0 spiro atoms. The summed E-state index contributed by atoms with van der Waals surface area (Å²) < 4.78 is 19.9. The largest absolute Gasteiger partial charge is 0.462 e. The van der Waals surface area contributed by atoms with E-state index in [9.17, 15) is 18.8 Å². The van der Waals surface area contributed by atoms with Crippen LogP contribution in [0.15, 0.2) is 60.1 Å². The topological polar surface area (TPSA) is 110 Å². The minimum atomic E-state index is -0.415. The van der Waals surface area contributed by atoms with Gasteiger partial charge in [-0.25, -0.2) is 23.6 Å². The lowest BCUT2D eigenvalue weighted by Crippen LogP contribution is -2.56. The van der Waals surface area contributed by atoms with Gasteiger partial charge in [0.1, 0.15) is 5.82 Å². The summed E-state index contributed by atoms with van der Waals surface area (Å²) in [5, 5.41) is 9.74. The van der Waals surface area contributed by atoms with E-state index in [0.717, 1.165) is 5.56 Å². The highest BCUT2D eigenvalue weighted by Crippen LogP contribution is 2.26. The van der Waals surface area contributed by atoms with Crippen molar-refractivity contribution >= 4 is 34.9 Å². The molecule has 0 radical (unpaired) electrons. The summed E-state index contributed by atoms with van der Waals surface area (Å²) in [6, 6.07) is 12.1. The van der Waals surface area contributed by atoms with Crippen LogP contribution in [0.4, 0.5) is 14.9 Å². The Balaban J connectivity index is 1.21. The molecule has 1 unspecified atom stereocenters. The number of nitrogens with one attached hydrogen (secondary N) is 1. The number of aromatic nitrogens is 3. The Hall–Kier alpha value is -4.58. The van der Waals surface area contributed by atoms with Crippen LogP contribution >= 0.6 is 11.3 Å². The van der Waals surface area contributed by atoms with E-state index in [0.29, 0.717) is 53.0 Å². The van der Waals surface area contributed by atoms with Gasteiger partial charge in [0.25, 0.3) is 5.91 Å². The summed E-state index contributed by atoms with van der Waals surface area (Å²) in [6.07, 6.45) is 1.54. The third-order valence-corrected chi connectivity index (χ3v) is 7.69. The van der Waals surface area contributed by atoms with Gasteiger partial charge in [0.15, 0.2) is 0 Å². The fourth-order valence-electron chi connectivity index (χ4n) is 4.64. The van der Waals surface area contributed by atoms with E-state index in [2.05, 4.69) is 15.4 Å². The van der Waals surface area contributed by atoms with Crippen molar-refractivity contribution in [3.05, 3.63) is 82.7 Å². The van der Waals surface area contributed by atoms with Gasteiger partial charge in [0.05, 0.1) is 35.3 Å². The molecular formula is C29H29FN6O4S. The van der Waals surface area contributed by atoms with E-state index in [4.69, 9.17) is 4.74 Å². The van der Waals surface area contributed by atoms with Crippen molar-refractivity contribution in [2.45, 2.75) is 26.8 Å². The Labute approximate surface area is 240 Å². The molecule has 4 aromatic rings. The van der Waals surface area contributed by atoms with Crippen LogP contribution in [0.5, 0.6) is 0 Å². The number of piperazine rings is 1. The van der Waals surface area contributed by atoms with Gasteiger partial charge in [-0.05, 0) is 69.3 Å². The van der Waals surface area contributed by atoms with Crippen LogP contribution in [-0.4, -0.2) is 74.8 Å². The Morgan fingerprint density at radius 2 is 1.83 bits per heavy atom. The second kappa shape index (κ2) is 11.9. The second-order valence-electron chi connectivity index (χ2n) is 9.60. The summed E-state index contributed by atoms with van der Waals surface area (Å²) in [6.45, 7) is 6.84. The molecule has 3 amide bonds. The molecule has 0 bridgehead atoms. The number of hydrogen-bond donors (Lipinski definition) is 1. The van der Waals surface area contributed by atoms with Gasteiger partial charge in [-0.1, -0.05) is 0 Å². The van der Waals surface area contributed by atoms with Crippen LogP contribution in [0.3, 0.4) is 0 Å². The smallest absolute Gasteiger partial charge is 0.338 e. The van der Waals surface area contributed by atoms with Crippen molar-refractivity contribution in [1.82, 2.24) is 24.6 Å². The van der Waals surface area contributed by atoms with Crippen molar-refractivity contribution in [2.75, 3.05) is 31.6 Å². The summed E-state index contributed by atoms with van der Waals surface area (Å²) in [4.78, 5) is 46.3. The average Bonchev–Trinajstić information content (AvgIpc) is 3.60. The number of carbonyl (C=O) groups is 3. The Bertz CT molecular complexity index is 1570. The molecule has 5 rings (SSSR count). The van der Waals surface area contributed by atoms with Crippen LogP contribution in [0.1, 0.15) is 40.3 Å². The molecule has 212 valence electrons. The van der Waals surface area contributed by atoms with Crippen LogP contribution in [0.25, 0.3) is 16.4 Å². The number of nitrogens with zero attached hydrogens (tertiary/aromatic N) is 5. The molecule has 41 heavy (non-hydrogen) atoms. The quantitative estimate of drug-likeness (QED) is 0.324. The van der Waals surface area contributed by atoms with Crippen LogP contribution in [-0.2, 0) is 4.74 Å². The molecule has 1 aliphatic heterocycles. The minimum Gasteiger partial charge on any atom is -0.462 e. The molecule has 12 heteroatoms. The SMILES string of the molecule is CCOC(=O)c1ccc(NC(=O)N2CCN(C(=O)c3cnn(-c4nc(-c5ccc(F)cc5)cs4)c3C)CC2C)cc1. The van der Waals surface area contributed by atoms with E-state index < -0.39 is 5.97 Å². The van der Waals surface area contributed by atoms with E-state index in [1.54, 1.807) is 64.0 Å². The maximum absolute atomic E-state index is 13.4. The van der Waals surface area contributed by atoms with E-state index in [1.165, 1.54) is 23.5 Å². The molecule has 2 aromatic carbocycles. The normalized spacial score (nSPS) is 15.1. The lowest BCUT2D eigenvalue weighted by Gasteiger charge is -2.39. The molecule has 1 fully saturated rings. The number of esters is 1. The number of amides is 3. The number of ether oxygens (including phenoxy) is 1. The summed E-state index contributed by atoms with van der Waals surface area (Å²) in [5.74, 6) is -0.888. The zero-order valence-electron chi connectivity index (χ0n) is 22.8. The van der Waals surface area contributed by atoms with Crippen molar-refractivity contribution in [2.24, 2.45) is 0 Å². The first kappa shape index (κ1) is 28.0. The van der Waals surface area contributed by atoms with Gasteiger partial charge >= 0.3 is 12.0 Å². The molecule has 0 saturated carbocycles. The summed E-state index contributed by atoms with van der Waals surface area (Å²) in [7, 11) is 0. The van der Waals surface area contributed by atoms with E-state index in [-0.39, 0.29) is 30.4 Å². The fraction of sp³-hybridized carbons (Fsp3) is 0.276. The van der Waals surface area contributed by atoms with Crippen molar-refractivity contribution in [1.29, 1.82) is 0 Å². The zero-order chi connectivity index (χ0) is 29.1. The van der Waals surface area contributed by atoms with E-state index >= 15 is 0 Å². The van der Waals surface area contributed by atoms with Crippen LogP contribution in [0, 0.1) is 12.7 Å². The molecule has 1 aliphatic rings. The first-order valence-electron chi connectivity index (χ1n) is 13.2. The third-order valence-electron chi connectivity index (χ3n) is 6.88. The third kappa shape index (κ3) is 5.97. The number of halogens is 1. The highest BCUT2D eigenvalue weighted by atomic mass is 32.1. The predicted molar refractivity (Wildman–Crippen MR) is 153 cm³/mol. The first-order valence-corrected chi connectivity index (χ1v) is 14.0. The number of rotatable bonds is 6. The molecule has 1 atom stereocenters. The molecule has 1 saturated heterocycles. The number of benzene rings is 2. The summed E-state index contributed by atoms with van der Waals surface area (Å²) in [5.41, 5.74) is 3.59. The monoisotopic (exact) mass is 576 g/mol. The number of carbonyl (C=O) groups excluding carboxylic acids is 3. The van der Waals surface area contributed by atoms with Gasteiger partial charge in [0.2, 0.25) is 5.13 Å². The highest BCUT2D eigenvalue weighted by molar-refractivity contribution is 7.12. The lowest BCUT2D eigenvalue weighted by atomic mass is 10.1. The van der Waals surface area contributed by atoms with Crippen molar-refractivity contribution < 1.29 is 23.5 Å². The average molecular weight is 577 g/mol. The van der Waals surface area contributed by atoms with Crippen molar-refractivity contribution in [3.63, 3.8) is 0 Å². The number of hydrogen-bond acceptors (Lipinski definition) is 7. The highest BCUT2D eigenvalue weighted by Gasteiger charge is 2.32. The fourth-order valence-corrected chi connectivity index (χ4v) is 5.48. The lowest BCUT2D eigenvalue weighted by molar-refractivity contribution is 0.0525. The zero-order valence-corrected chi connectivity index (χ0v) is 23.7. The Morgan fingerprint density at radius 3 is 2.51 bits per heavy atom. The standard InChI is InChI=1S/C29H29FN6O4S/c1-4-40-27(38)21-7-11-23(12-8-21)32-28(39)35-14-13-34(16-18(35)2)26(37)24-15-31-36(19(24)3)29-33-25(17-41-29)20-5-9-22(30)10-6-20/h5-12,15,17-18H,4,13-14,16H2,1-3H3,(H,32,39). The second-order valence-corrected chi connectivity index (χ2v) is 10.4. The number of thiazole rings is 1. The van der Waals surface area contributed by atoms with Gasteiger partial charge in [-0.2, -0.15) is 5.10 Å². The first-order chi connectivity index (χ1) is 19.7. The molecule has 0 aliphatic carbocycles. The van der Waals surface area contributed by atoms with Gasteiger partial charge in [-0.3, -0.25) is 4.79 Å². The van der Waals surface area contributed by atoms with Crippen LogP contribution in [0.2, 0.25) is 0 Å². The van der Waals surface area contributed by atoms with Crippen molar-refractivity contribution in [3.8, 4) is 16.4 Å². The molecule has 2 aromatic heterocycles. The van der Waals surface area contributed by atoms with Crippen LogP contribution < -0.4 is 5.32 Å². The molecule has 10 nitrogen and oxygen atoms in total. The maximum Gasteiger partial charge on any atom is 0.338 e. The van der Waals surface area contributed by atoms with Gasteiger partial charge < -0.3 is 19.9 Å². The molecule has 1 N–H and O–H groups in total. The molecule has 3 heterocycles. The number of anilines is 1. The minimum absolute atomic E-state index is 0.162. The van der Waals surface area contributed by atoms with Gasteiger partial charge in [0, 0.05) is 42.3 Å². The maximum atomic E-state index is 13.4. The van der Waals surface area contributed by atoms with E-state index in [1.807, 2.05) is 19.2 Å². The number of urea groups is 1.